The molecule has 1 saturated heterocycles. The van der Waals surface area contributed by atoms with Gasteiger partial charge in [0.1, 0.15) is 12.9 Å². The standard InChI is InChI=1S/C15H14N2O4/c18-14(17-7-9-20-15(17)19)10-12(13-6-8-21-16-13)11-4-2-1-3-5-11/h1-6,8,12H,7,9-10H2. The molecule has 6 heteroatoms. The first-order valence-corrected chi connectivity index (χ1v) is 6.68. The minimum Gasteiger partial charge on any atom is -0.447 e. The number of carbonyl (C=O) groups excluding carboxylic acids is 2. The Bertz CT molecular complexity index is 624. The van der Waals surface area contributed by atoms with Crippen molar-refractivity contribution >= 4 is 12.0 Å². The molecule has 0 aliphatic carbocycles. The van der Waals surface area contributed by atoms with Crippen LogP contribution in [-0.2, 0) is 9.53 Å². The monoisotopic (exact) mass is 286 g/mol. The molecule has 108 valence electrons. The highest BCUT2D eigenvalue weighted by molar-refractivity contribution is 5.93. The Hall–Kier alpha value is -2.63. The highest BCUT2D eigenvalue weighted by Crippen LogP contribution is 2.27. The van der Waals surface area contributed by atoms with Crippen molar-refractivity contribution in [3.8, 4) is 0 Å². The molecule has 0 N–H and O–H groups in total. The fraction of sp³-hybridized carbons (Fsp3) is 0.267. The zero-order valence-corrected chi connectivity index (χ0v) is 11.3. The second kappa shape index (κ2) is 5.78. The summed E-state index contributed by atoms with van der Waals surface area (Å²) in [7, 11) is 0. The third-order valence-corrected chi connectivity index (χ3v) is 3.46. The summed E-state index contributed by atoms with van der Waals surface area (Å²) >= 11 is 0. The number of cyclic esters (lactones) is 1. The summed E-state index contributed by atoms with van der Waals surface area (Å²) in [6.45, 7) is 0.558. The van der Waals surface area contributed by atoms with E-state index in [9.17, 15) is 9.59 Å². The molecule has 21 heavy (non-hydrogen) atoms. The first-order valence-electron chi connectivity index (χ1n) is 6.68. The van der Waals surface area contributed by atoms with Crippen LogP contribution >= 0.6 is 0 Å². The Morgan fingerprint density at radius 2 is 2.10 bits per heavy atom. The molecule has 0 bridgehead atoms. The molecule has 2 heterocycles. The molecule has 2 aromatic rings. The van der Waals surface area contributed by atoms with Crippen LogP contribution in [0.5, 0.6) is 0 Å². The lowest BCUT2D eigenvalue weighted by Crippen LogP contribution is -2.32. The molecule has 1 aromatic carbocycles. The zero-order chi connectivity index (χ0) is 14.7. The maximum Gasteiger partial charge on any atom is 0.416 e. The van der Waals surface area contributed by atoms with Crippen molar-refractivity contribution in [2.75, 3.05) is 13.2 Å². The van der Waals surface area contributed by atoms with E-state index in [0.717, 1.165) is 10.5 Å². The van der Waals surface area contributed by atoms with Gasteiger partial charge in [0.05, 0.1) is 12.2 Å². The summed E-state index contributed by atoms with van der Waals surface area (Å²) < 4.78 is 9.68. The van der Waals surface area contributed by atoms with E-state index in [-0.39, 0.29) is 24.9 Å². The number of amides is 2. The summed E-state index contributed by atoms with van der Waals surface area (Å²) in [5, 5.41) is 3.93. The Labute approximate surface area is 121 Å². The first-order chi connectivity index (χ1) is 10.3. The maximum absolute atomic E-state index is 12.3. The fourth-order valence-corrected chi connectivity index (χ4v) is 2.38. The van der Waals surface area contributed by atoms with Gasteiger partial charge in [-0.15, -0.1) is 0 Å². The van der Waals surface area contributed by atoms with Crippen molar-refractivity contribution in [1.29, 1.82) is 0 Å². The average molecular weight is 286 g/mol. The maximum atomic E-state index is 12.3. The molecule has 1 unspecified atom stereocenters. The molecular weight excluding hydrogens is 272 g/mol. The Kier molecular flexibility index (Phi) is 3.68. The Morgan fingerprint density at radius 1 is 1.29 bits per heavy atom. The molecule has 0 spiro atoms. The van der Waals surface area contributed by atoms with Crippen LogP contribution in [0.15, 0.2) is 47.2 Å². The highest BCUT2D eigenvalue weighted by Gasteiger charge is 2.31. The third kappa shape index (κ3) is 2.79. The molecule has 1 aromatic heterocycles. The molecule has 1 aliphatic rings. The summed E-state index contributed by atoms with van der Waals surface area (Å²) in [6.07, 6.45) is 1.04. The van der Waals surface area contributed by atoms with Crippen LogP contribution in [-0.4, -0.2) is 35.2 Å². The summed E-state index contributed by atoms with van der Waals surface area (Å²) in [4.78, 5) is 24.9. The number of nitrogens with zero attached hydrogens (tertiary/aromatic N) is 2. The quantitative estimate of drug-likeness (QED) is 0.861. The summed E-state index contributed by atoms with van der Waals surface area (Å²) in [5.41, 5.74) is 1.62. The molecule has 2 amide bonds. The topological polar surface area (TPSA) is 72.6 Å². The molecule has 1 atom stereocenters. The number of hydrogen-bond donors (Lipinski definition) is 0. The van der Waals surface area contributed by atoms with E-state index in [1.54, 1.807) is 6.07 Å². The molecule has 6 nitrogen and oxygen atoms in total. The van der Waals surface area contributed by atoms with Gasteiger partial charge in [0.2, 0.25) is 5.91 Å². The number of ether oxygens (including phenoxy) is 1. The predicted molar refractivity (Wildman–Crippen MR) is 72.5 cm³/mol. The van der Waals surface area contributed by atoms with E-state index in [4.69, 9.17) is 9.26 Å². The van der Waals surface area contributed by atoms with Crippen LogP contribution in [0.1, 0.15) is 23.6 Å². The van der Waals surface area contributed by atoms with Crippen molar-refractivity contribution in [1.82, 2.24) is 10.1 Å². The van der Waals surface area contributed by atoms with E-state index in [1.165, 1.54) is 6.26 Å². The van der Waals surface area contributed by atoms with E-state index in [1.807, 2.05) is 30.3 Å². The normalized spacial score (nSPS) is 15.8. The zero-order valence-electron chi connectivity index (χ0n) is 11.3. The summed E-state index contributed by atoms with van der Waals surface area (Å²) in [6, 6.07) is 11.3. The van der Waals surface area contributed by atoms with Crippen molar-refractivity contribution in [2.24, 2.45) is 0 Å². The average Bonchev–Trinajstić information content (AvgIpc) is 3.17. The number of hydrogen-bond acceptors (Lipinski definition) is 5. The third-order valence-electron chi connectivity index (χ3n) is 3.46. The smallest absolute Gasteiger partial charge is 0.416 e. The second-order valence-electron chi connectivity index (χ2n) is 4.75. The van der Waals surface area contributed by atoms with Gasteiger partial charge in [0.25, 0.3) is 0 Å². The first kappa shape index (κ1) is 13.4. The van der Waals surface area contributed by atoms with E-state index in [2.05, 4.69) is 5.16 Å². The lowest BCUT2D eigenvalue weighted by Gasteiger charge is -2.17. The number of carbonyl (C=O) groups is 2. The lowest BCUT2D eigenvalue weighted by atomic mass is 9.92. The van der Waals surface area contributed by atoms with Crippen LogP contribution in [0.2, 0.25) is 0 Å². The number of imide groups is 1. The van der Waals surface area contributed by atoms with Crippen molar-refractivity contribution < 1.29 is 18.8 Å². The molecule has 0 saturated carbocycles. The van der Waals surface area contributed by atoms with E-state index in [0.29, 0.717) is 12.2 Å². The number of aromatic nitrogens is 1. The van der Waals surface area contributed by atoms with Gasteiger partial charge in [-0.05, 0) is 5.56 Å². The second-order valence-corrected chi connectivity index (χ2v) is 4.75. The molecule has 1 fully saturated rings. The van der Waals surface area contributed by atoms with E-state index >= 15 is 0 Å². The molecule has 3 rings (SSSR count). The van der Waals surface area contributed by atoms with Gasteiger partial charge in [0, 0.05) is 18.4 Å². The van der Waals surface area contributed by atoms with Crippen LogP contribution in [0.25, 0.3) is 0 Å². The molecule has 0 radical (unpaired) electrons. The van der Waals surface area contributed by atoms with Crippen molar-refractivity contribution in [3.05, 3.63) is 53.9 Å². The van der Waals surface area contributed by atoms with Crippen LogP contribution in [0, 0.1) is 0 Å². The largest absolute Gasteiger partial charge is 0.447 e. The lowest BCUT2D eigenvalue weighted by molar-refractivity contribution is -0.128. The Balaban J connectivity index is 1.83. The molecular formula is C15H14N2O4. The fourth-order valence-electron chi connectivity index (χ4n) is 2.38. The van der Waals surface area contributed by atoms with Gasteiger partial charge in [-0.25, -0.2) is 9.69 Å². The van der Waals surface area contributed by atoms with Crippen LogP contribution in [0.4, 0.5) is 4.79 Å². The minimum absolute atomic E-state index is 0.144. The van der Waals surface area contributed by atoms with Gasteiger partial charge < -0.3 is 9.26 Å². The van der Waals surface area contributed by atoms with Gasteiger partial charge >= 0.3 is 6.09 Å². The van der Waals surface area contributed by atoms with Gasteiger partial charge in [-0.3, -0.25) is 4.79 Å². The number of rotatable bonds is 4. The number of benzene rings is 1. The van der Waals surface area contributed by atoms with Crippen molar-refractivity contribution in [2.45, 2.75) is 12.3 Å². The van der Waals surface area contributed by atoms with Gasteiger partial charge in [-0.2, -0.15) is 0 Å². The van der Waals surface area contributed by atoms with Crippen molar-refractivity contribution in [3.63, 3.8) is 0 Å². The summed E-state index contributed by atoms with van der Waals surface area (Å²) in [5.74, 6) is -0.514. The minimum atomic E-state index is -0.577. The SMILES string of the molecule is O=C(CC(c1ccccc1)c1ccon1)N1CCOC1=O. The molecule has 1 aliphatic heterocycles. The van der Waals surface area contributed by atoms with Gasteiger partial charge in [0.15, 0.2) is 0 Å². The van der Waals surface area contributed by atoms with Crippen LogP contribution < -0.4 is 0 Å². The van der Waals surface area contributed by atoms with E-state index < -0.39 is 6.09 Å². The van der Waals surface area contributed by atoms with Crippen LogP contribution in [0.3, 0.4) is 0 Å². The highest BCUT2D eigenvalue weighted by atomic mass is 16.6. The Morgan fingerprint density at radius 3 is 2.71 bits per heavy atom. The predicted octanol–water partition coefficient (Wildman–Crippen LogP) is 2.18. The van der Waals surface area contributed by atoms with Gasteiger partial charge in [-0.1, -0.05) is 35.5 Å².